The van der Waals surface area contributed by atoms with Gasteiger partial charge in [0.1, 0.15) is 12.4 Å². The summed E-state index contributed by atoms with van der Waals surface area (Å²) < 4.78 is 13.5. The lowest BCUT2D eigenvalue weighted by molar-refractivity contribution is -0.138. The first-order valence-electron chi connectivity index (χ1n) is 13.9. The van der Waals surface area contributed by atoms with Crippen LogP contribution >= 0.6 is 34.5 Å². The van der Waals surface area contributed by atoms with E-state index in [0.29, 0.717) is 43.0 Å². The highest BCUT2D eigenvalue weighted by atomic mass is 35.5. The number of hydrogen-bond acceptors (Lipinski definition) is 6. The van der Waals surface area contributed by atoms with Gasteiger partial charge in [0.25, 0.3) is 5.56 Å². The zero-order chi connectivity index (χ0) is 30.6. The Labute approximate surface area is 267 Å². The molecule has 6 nitrogen and oxygen atoms in total. The van der Waals surface area contributed by atoms with Gasteiger partial charge < -0.3 is 9.47 Å². The van der Waals surface area contributed by atoms with E-state index in [1.54, 1.807) is 23.6 Å². The Morgan fingerprint density at radius 1 is 0.955 bits per heavy atom. The van der Waals surface area contributed by atoms with Crippen molar-refractivity contribution in [2.75, 3.05) is 6.61 Å². The SMILES string of the molecule is CCOC(=O)C1=C(c2ccccc2)N=c2s/c(=C\c3ccc(OCc4ccc(Cl)cc4Cl)cc3)c(=O)n2[C@@H]1c1ccccc1. The normalized spacial score (nSPS) is 14.6. The second-order valence-corrected chi connectivity index (χ2v) is 11.8. The third-order valence-corrected chi connectivity index (χ3v) is 8.65. The molecule has 4 aromatic carbocycles. The van der Waals surface area contributed by atoms with Crippen LogP contribution in [0.2, 0.25) is 10.0 Å². The minimum Gasteiger partial charge on any atom is -0.489 e. The van der Waals surface area contributed by atoms with Gasteiger partial charge in [-0.05, 0) is 48.4 Å². The van der Waals surface area contributed by atoms with Crippen molar-refractivity contribution in [3.05, 3.63) is 161 Å². The molecular formula is C35H26Cl2N2O4S. The molecule has 1 atom stereocenters. The standard InChI is InChI=1S/C35H26Cl2N2O4S/c1-2-42-34(41)30-31(23-9-5-3-6-10-23)38-35-39(32(30)24-11-7-4-8-12-24)33(40)29(44-35)19-22-13-17-27(18-14-22)43-21-25-15-16-26(36)20-28(25)37/h3-20,32H,2,21H2,1H3/b29-19-/t32-/m1/s1. The summed E-state index contributed by atoms with van der Waals surface area (Å²) in [5.74, 6) is 0.152. The number of thiazole rings is 1. The predicted molar refractivity (Wildman–Crippen MR) is 175 cm³/mol. The second kappa shape index (κ2) is 13.1. The predicted octanol–water partition coefficient (Wildman–Crippen LogP) is 6.82. The lowest BCUT2D eigenvalue weighted by Gasteiger charge is -2.25. The number of aromatic nitrogens is 1. The molecule has 44 heavy (non-hydrogen) atoms. The second-order valence-electron chi connectivity index (χ2n) is 9.94. The van der Waals surface area contributed by atoms with Crippen molar-refractivity contribution in [1.82, 2.24) is 4.57 Å². The van der Waals surface area contributed by atoms with Gasteiger partial charge >= 0.3 is 5.97 Å². The van der Waals surface area contributed by atoms with E-state index in [4.69, 9.17) is 37.7 Å². The van der Waals surface area contributed by atoms with Crippen LogP contribution in [0.5, 0.6) is 5.75 Å². The molecule has 0 saturated carbocycles. The Morgan fingerprint density at radius 3 is 2.34 bits per heavy atom. The van der Waals surface area contributed by atoms with E-state index in [-0.39, 0.29) is 12.2 Å². The van der Waals surface area contributed by atoms with E-state index in [2.05, 4.69) is 0 Å². The van der Waals surface area contributed by atoms with Crippen LogP contribution < -0.4 is 19.6 Å². The number of carbonyl (C=O) groups is 1. The van der Waals surface area contributed by atoms with Gasteiger partial charge in [-0.3, -0.25) is 9.36 Å². The summed E-state index contributed by atoms with van der Waals surface area (Å²) in [5.41, 5.74) is 3.77. The fraction of sp³-hybridized carbons (Fsp3) is 0.114. The highest BCUT2D eigenvalue weighted by Crippen LogP contribution is 2.35. The first kappa shape index (κ1) is 29.6. The van der Waals surface area contributed by atoms with Crippen LogP contribution in [0, 0.1) is 0 Å². The van der Waals surface area contributed by atoms with Crippen molar-refractivity contribution >= 4 is 52.3 Å². The first-order valence-corrected chi connectivity index (χ1v) is 15.5. The van der Waals surface area contributed by atoms with E-state index < -0.39 is 12.0 Å². The van der Waals surface area contributed by atoms with Crippen molar-refractivity contribution in [1.29, 1.82) is 0 Å². The molecular weight excluding hydrogens is 615 g/mol. The zero-order valence-corrected chi connectivity index (χ0v) is 25.9. The van der Waals surface area contributed by atoms with Gasteiger partial charge in [-0.25, -0.2) is 9.79 Å². The van der Waals surface area contributed by atoms with E-state index in [0.717, 1.165) is 22.3 Å². The van der Waals surface area contributed by atoms with Gasteiger partial charge in [0.05, 0.1) is 28.5 Å². The first-order chi connectivity index (χ1) is 21.4. The molecule has 0 fully saturated rings. The fourth-order valence-electron chi connectivity index (χ4n) is 5.00. The number of carbonyl (C=O) groups excluding carboxylic acids is 1. The Hall–Kier alpha value is -4.43. The maximum absolute atomic E-state index is 14.0. The number of fused-ring (bicyclic) bond motifs is 1. The summed E-state index contributed by atoms with van der Waals surface area (Å²) in [6.07, 6.45) is 1.82. The van der Waals surface area contributed by atoms with Crippen molar-refractivity contribution in [3.63, 3.8) is 0 Å². The minimum absolute atomic E-state index is 0.197. The van der Waals surface area contributed by atoms with Crippen LogP contribution in [0.25, 0.3) is 11.8 Å². The van der Waals surface area contributed by atoms with Crippen LogP contribution in [0.4, 0.5) is 0 Å². The molecule has 0 spiro atoms. The number of esters is 1. The van der Waals surface area contributed by atoms with Crippen LogP contribution in [-0.4, -0.2) is 17.1 Å². The Morgan fingerprint density at radius 2 is 1.66 bits per heavy atom. The number of nitrogens with zero attached hydrogens (tertiary/aromatic N) is 2. The topological polar surface area (TPSA) is 69.9 Å². The molecule has 0 saturated heterocycles. The molecule has 0 bridgehead atoms. The maximum Gasteiger partial charge on any atom is 0.338 e. The molecule has 0 aliphatic carbocycles. The number of halogens is 2. The van der Waals surface area contributed by atoms with Crippen LogP contribution in [0.3, 0.4) is 0 Å². The van der Waals surface area contributed by atoms with Gasteiger partial charge in [0.15, 0.2) is 4.80 Å². The average molecular weight is 642 g/mol. The molecule has 9 heteroatoms. The molecule has 220 valence electrons. The minimum atomic E-state index is -0.709. The lowest BCUT2D eigenvalue weighted by atomic mass is 9.93. The monoisotopic (exact) mass is 640 g/mol. The summed E-state index contributed by atoms with van der Waals surface area (Å²) >= 11 is 13.5. The number of benzene rings is 4. The number of ether oxygens (including phenoxy) is 2. The molecule has 0 N–H and O–H groups in total. The summed E-state index contributed by atoms with van der Waals surface area (Å²) in [6, 6.07) is 31.0. The van der Waals surface area contributed by atoms with Crippen molar-refractivity contribution in [2.45, 2.75) is 19.6 Å². The largest absolute Gasteiger partial charge is 0.489 e. The molecule has 0 unspecified atom stereocenters. The average Bonchev–Trinajstić information content (AvgIpc) is 3.35. The van der Waals surface area contributed by atoms with Gasteiger partial charge in [-0.15, -0.1) is 0 Å². The summed E-state index contributed by atoms with van der Waals surface area (Å²) in [6.45, 7) is 2.25. The molecule has 1 aliphatic heterocycles. The molecule has 0 radical (unpaired) electrons. The van der Waals surface area contributed by atoms with E-state index in [1.807, 2.05) is 97.1 Å². The van der Waals surface area contributed by atoms with E-state index >= 15 is 0 Å². The van der Waals surface area contributed by atoms with Crippen LogP contribution in [0.1, 0.15) is 35.2 Å². The van der Waals surface area contributed by atoms with Gasteiger partial charge in [0.2, 0.25) is 0 Å². The zero-order valence-electron chi connectivity index (χ0n) is 23.6. The molecule has 0 amide bonds. The van der Waals surface area contributed by atoms with Crippen molar-refractivity contribution in [3.8, 4) is 5.75 Å². The van der Waals surface area contributed by atoms with Gasteiger partial charge in [-0.2, -0.15) is 0 Å². The van der Waals surface area contributed by atoms with Crippen LogP contribution in [-0.2, 0) is 16.1 Å². The van der Waals surface area contributed by atoms with Crippen molar-refractivity contribution < 1.29 is 14.3 Å². The molecule has 1 aromatic heterocycles. The molecule has 5 aromatic rings. The van der Waals surface area contributed by atoms with E-state index in [9.17, 15) is 9.59 Å². The summed E-state index contributed by atoms with van der Waals surface area (Å²) in [4.78, 5) is 32.9. The van der Waals surface area contributed by atoms with Gasteiger partial charge in [-0.1, -0.05) is 113 Å². The molecule has 1 aliphatic rings. The van der Waals surface area contributed by atoms with E-state index in [1.165, 1.54) is 11.3 Å². The fourth-order valence-corrected chi connectivity index (χ4v) is 6.47. The highest BCUT2D eigenvalue weighted by Gasteiger charge is 2.35. The Balaban J connectivity index is 1.41. The summed E-state index contributed by atoms with van der Waals surface area (Å²) in [5, 5.41) is 1.11. The molecule has 6 rings (SSSR count). The van der Waals surface area contributed by atoms with Crippen LogP contribution in [0.15, 0.2) is 118 Å². The third kappa shape index (κ3) is 6.13. The highest BCUT2D eigenvalue weighted by molar-refractivity contribution is 7.07. The Bertz CT molecular complexity index is 2040. The van der Waals surface area contributed by atoms with Crippen molar-refractivity contribution in [2.24, 2.45) is 4.99 Å². The Kier molecular flexibility index (Phi) is 8.79. The maximum atomic E-state index is 14.0. The summed E-state index contributed by atoms with van der Waals surface area (Å²) in [7, 11) is 0. The molecule has 2 heterocycles. The van der Waals surface area contributed by atoms with Gasteiger partial charge in [0, 0.05) is 21.2 Å². The number of rotatable bonds is 8. The third-order valence-electron chi connectivity index (χ3n) is 7.08. The lowest BCUT2D eigenvalue weighted by Crippen LogP contribution is -2.39. The quantitative estimate of drug-likeness (QED) is 0.175. The number of hydrogen-bond donors (Lipinski definition) is 0. The smallest absolute Gasteiger partial charge is 0.338 e.